The molecule has 0 aromatic heterocycles. The second kappa shape index (κ2) is 12.0. The number of phosphoric ester groups is 1. The minimum atomic E-state index is -3.67. The lowest BCUT2D eigenvalue weighted by Crippen LogP contribution is -2.80. The molecule has 39 heavy (non-hydrogen) atoms. The van der Waals surface area contributed by atoms with Crippen LogP contribution >= 0.6 is 7.82 Å². The van der Waals surface area contributed by atoms with Crippen LogP contribution in [0.25, 0.3) is 0 Å². The molecule has 0 amide bonds. The van der Waals surface area contributed by atoms with E-state index in [9.17, 15) is 25.0 Å². The van der Waals surface area contributed by atoms with Crippen molar-refractivity contribution in [3.8, 4) is 5.75 Å². The molecule has 13 nitrogen and oxygen atoms in total. The second-order valence-electron chi connectivity index (χ2n) is 10.4. The fraction of sp³-hybridized carbons (Fsp3) is 0.760. The van der Waals surface area contributed by atoms with Crippen molar-refractivity contribution < 1.29 is 52.8 Å². The molecule has 3 aliphatic rings. The molecule has 1 aliphatic carbocycles. The Kier molecular flexibility index (Phi) is 9.44. The van der Waals surface area contributed by atoms with Crippen LogP contribution in [0.4, 0.5) is 0 Å². The lowest BCUT2D eigenvalue weighted by molar-refractivity contribution is -0.483. The van der Waals surface area contributed by atoms with Gasteiger partial charge in [0.1, 0.15) is 23.6 Å². The molecule has 1 aromatic rings. The smallest absolute Gasteiger partial charge is 0.404 e. The number of hydrogen-bond donors (Lipinski definition) is 6. The normalized spacial score (nSPS) is 40.5. The largest absolute Gasteiger partial charge is 0.529 e. The van der Waals surface area contributed by atoms with Crippen LogP contribution in [0.2, 0.25) is 0 Å². The Hall–Kier alpha value is -1.19. The van der Waals surface area contributed by atoms with Crippen LogP contribution in [-0.4, -0.2) is 102 Å². The van der Waals surface area contributed by atoms with Crippen molar-refractivity contribution in [1.82, 2.24) is 10.6 Å². The molecular formula is C25H41N2O11P. The van der Waals surface area contributed by atoms with E-state index < -0.39 is 68.0 Å². The van der Waals surface area contributed by atoms with E-state index in [1.165, 1.54) is 14.2 Å². The van der Waals surface area contributed by atoms with Gasteiger partial charge in [-0.3, -0.25) is 9.05 Å². The lowest BCUT2D eigenvalue weighted by atomic mass is 9.74. The van der Waals surface area contributed by atoms with E-state index in [0.717, 1.165) is 5.56 Å². The monoisotopic (exact) mass is 576 g/mol. The van der Waals surface area contributed by atoms with Gasteiger partial charge >= 0.3 is 7.82 Å². The summed E-state index contributed by atoms with van der Waals surface area (Å²) in [7, 11) is 0.431. The molecule has 1 saturated carbocycles. The Morgan fingerprint density at radius 3 is 2.33 bits per heavy atom. The highest BCUT2D eigenvalue weighted by atomic mass is 31.2. The number of likely N-dealkylation sites (N-methyl/N-ethyl adjacent to an activating group) is 1. The van der Waals surface area contributed by atoms with E-state index in [1.807, 2.05) is 6.92 Å². The molecule has 0 bridgehead atoms. The third-order valence-corrected chi connectivity index (χ3v) is 9.29. The van der Waals surface area contributed by atoms with Crippen LogP contribution < -0.4 is 15.2 Å². The first-order valence-electron chi connectivity index (χ1n) is 13.1. The van der Waals surface area contributed by atoms with Crippen LogP contribution in [0.3, 0.4) is 0 Å². The fourth-order valence-corrected chi connectivity index (χ4v) is 6.49. The third kappa shape index (κ3) is 5.78. The van der Waals surface area contributed by atoms with Crippen molar-refractivity contribution in [2.45, 2.75) is 87.5 Å². The maximum absolute atomic E-state index is 12.2. The number of phosphoric acid groups is 1. The summed E-state index contributed by atoms with van der Waals surface area (Å²) in [6.07, 6.45) is -5.12. The summed E-state index contributed by atoms with van der Waals surface area (Å²) in [6.45, 7) is 3.85. The van der Waals surface area contributed by atoms with Crippen molar-refractivity contribution in [1.29, 1.82) is 0 Å². The molecule has 2 heterocycles. The maximum Gasteiger partial charge on any atom is 0.529 e. The zero-order chi connectivity index (χ0) is 28.6. The number of nitrogens with one attached hydrogen (secondary N) is 2. The maximum atomic E-state index is 12.2. The van der Waals surface area contributed by atoms with Gasteiger partial charge in [-0.1, -0.05) is 19.1 Å². The van der Waals surface area contributed by atoms with Crippen molar-refractivity contribution in [3.63, 3.8) is 0 Å². The van der Waals surface area contributed by atoms with Gasteiger partial charge in [0.15, 0.2) is 0 Å². The van der Waals surface area contributed by atoms with Crippen LogP contribution in [-0.2, 0) is 34.4 Å². The summed E-state index contributed by atoms with van der Waals surface area (Å²) in [5.74, 6) is -2.45. The van der Waals surface area contributed by atoms with Crippen LogP contribution in [0.5, 0.6) is 5.75 Å². The van der Waals surface area contributed by atoms with Gasteiger partial charge < -0.3 is 49.8 Å². The summed E-state index contributed by atoms with van der Waals surface area (Å²) in [5.41, 5.74) is -1.01. The zero-order valence-corrected chi connectivity index (χ0v) is 23.7. The average Bonchev–Trinajstić information content (AvgIpc) is 2.90. The minimum absolute atomic E-state index is 0.0384. The molecule has 4 rings (SSSR count). The predicted octanol–water partition coefficient (Wildman–Crippen LogP) is 0.244. The number of benzene rings is 1. The van der Waals surface area contributed by atoms with Gasteiger partial charge in [0.25, 0.3) is 0 Å². The highest BCUT2D eigenvalue weighted by molar-refractivity contribution is 7.48. The first-order chi connectivity index (χ1) is 18.4. The third-order valence-electron chi connectivity index (χ3n) is 7.96. The standard InChI is InChI=1S/C25H41N2O11P/c1-6-17-19(28)18(26-3)21-22(20(17)29)36-23-25(31,37-21)24(30,11-14(2)35-23)13-27-12-15-7-9-16(10-8-15)38-39(32,33-4)34-5/h7-10,14,17-23,26-31H,6,11-13H2,1-5H3/t14-,17-,18+,19+,20+,21-,22-,23+,24-,25-/m1/s1. The molecule has 2 saturated heterocycles. The van der Waals surface area contributed by atoms with Gasteiger partial charge in [0, 0.05) is 39.6 Å². The molecule has 222 valence electrons. The van der Waals surface area contributed by atoms with Gasteiger partial charge in [0.05, 0.1) is 24.4 Å². The summed E-state index contributed by atoms with van der Waals surface area (Å²) in [6, 6.07) is 6.04. The second-order valence-corrected chi connectivity index (χ2v) is 12.2. The number of hydrogen-bond acceptors (Lipinski definition) is 13. The van der Waals surface area contributed by atoms with E-state index in [2.05, 4.69) is 10.6 Å². The van der Waals surface area contributed by atoms with Crippen molar-refractivity contribution in [2.24, 2.45) is 5.92 Å². The Bertz CT molecular complexity index is 1010. The quantitative estimate of drug-likeness (QED) is 0.209. The highest BCUT2D eigenvalue weighted by Gasteiger charge is 2.68. The van der Waals surface area contributed by atoms with Gasteiger partial charge in [-0.15, -0.1) is 0 Å². The predicted molar refractivity (Wildman–Crippen MR) is 138 cm³/mol. The van der Waals surface area contributed by atoms with E-state index in [0.29, 0.717) is 18.7 Å². The van der Waals surface area contributed by atoms with Gasteiger partial charge in [0.2, 0.25) is 12.1 Å². The van der Waals surface area contributed by atoms with E-state index in [4.69, 9.17) is 27.8 Å². The molecule has 0 spiro atoms. The molecule has 3 fully saturated rings. The fourth-order valence-electron chi connectivity index (χ4n) is 5.81. The number of aliphatic hydroxyl groups is 4. The lowest BCUT2D eigenvalue weighted by Gasteiger charge is -2.60. The molecule has 10 atom stereocenters. The van der Waals surface area contributed by atoms with E-state index in [1.54, 1.807) is 38.2 Å². The van der Waals surface area contributed by atoms with Gasteiger partial charge in [-0.05, 0) is 38.1 Å². The molecule has 14 heteroatoms. The van der Waals surface area contributed by atoms with Crippen molar-refractivity contribution >= 4 is 7.82 Å². The van der Waals surface area contributed by atoms with E-state index in [-0.39, 0.29) is 13.0 Å². The number of aliphatic hydroxyl groups excluding tert-OH is 2. The molecular weight excluding hydrogens is 535 g/mol. The van der Waals surface area contributed by atoms with Crippen molar-refractivity contribution in [2.75, 3.05) is 27.8 Å². The Labute approximate surface area is 228 Å². The van der Waals surface area contributed by atoms with E-state index >= 15 is 0 Å². The average molecular weight is 577 g/mol. The molecule has 0 radical (unpaired) electrons. The number of rotatable bonds is 10. The summed E-state index contributed by atoms with van der Waals surface area (Å²) >= 11 is 0. The van der Waals surface area contributed by atoms with Crippen LogP contribution in [0.1, 0.15) is 32.3 Å². The first-order valence-corrected chi connectivity index (χ1v) is 14.6. The van der Waals surface area contributed by atoms with Crippen molar-refractivity contribution in [3.05, 3.63) is 29.8 Å². The number of fused-ring (bicyclic) bond motifs is 2. The zero-order valence-electron chi connectivity index (χ0n) is 22.9. The first kappa shape index (κ1) is 30.8. The Balaban J connectivity index is 1.47. The SMILES string of the molecule is CC[C@@H]1[C@H](O)[C@H](NC)[C@H]2O[C@]3(O)[C@H](O[C@@H]2[C@H]1O)O[C@H](C)C[C@@]3(O)CNCc1ccc(OP(=O)(OC)OC)cc1. The molecule has 0 unspecified atom stereocenters. The number of ether oxygens (including phenoxy) is 3. The summed E-state index contributed by atoms with van der Waals surface area (Å²) < 4.78 is 45.1. The Morgan fingerprint density at radius 2 is 1.74 bits per heavy atom. The molecule has 6 N–H and O–H groups in total. The Morgan fingerprint density at radius 1 is 1.08 bits per heavy atom. The summed E-state index contributed by atoms with van der Waals surface area (Å²) in [4.78, 5) is 0. The van der Waals surface area contributed by atoms with Crippen LogP contribution in [0.15, 0.2) is 24.3 Å². The minimum Gasteiger partial charge on any atom is -0.404 e. The topological polar surface area (TPSA) is 177 Å². The molecule has 1 aromatic carbocycles. The summed E-state index contributed by atoms with van der Waals surface area (Å²) in [5, 5.41) is 51.5. The van der Waals surface area contributed by atoms with Crippen LogP contribution in [0, 0.1) is 5.92 Å². The van der Waals surface area contributed by atoms with Gasteiger partial charge in [-0.25, -0.2) is 4.57 Å². The van der Waals surface area contributed by atoms with Gasteiger partial charge in [-0.2, -0.15) is 0 Å². The highest BCUT2D eigenvalue weighted by Crippen LogP contribution is 2.48. The molecule has 2 aliphatic heterocycles.